The highest BCUT2D eigenvalue weighted by atomic mass is 35.5. The molecule has 1 fully saturated rings. The van der Waals surface area contributed by atoms with E-state index < -0.39 is 0 Å². The van der Waals surface area contributed by atoms with Crippen molar-refractivity contribution in [3.8, 4) is 17.0 Å². The number of hydrogen-bond donors (Lipinski definition) is 1. The maximum atomic E-state index is 10.3. The number of aromatic nitrogens is 3. The summed E-state index contributed by atoms with van der Waals surface area (Å²) in [5.74, 6) is 0.775. The normalized spacial score (nSPS) is 15.4. The van der Waals surface area contributed by atoms with Gasteiger partial charge in [-0.2, -0.15) is 0 Å². The van der Waals surface area contributed by atoms with Crippen LogP contribution in [-0.2, 0) is 11.3 Å². The Morgan fingerprint density at radius 1 is 1.20 bits per heavy atom. The minimum absolute atomic E-state index is 0. The lowest BCUT2D eigenvalue weighted by Gasteiger charge is -2.31. The second-order valence-corrected chi connectivity index (χ2v) is 8.31. The summed E-state index contributed by atoms with van der Waals surface area (Å²) in [7, 11) is 1.76. The number of aryl methyl sites for hydroxylation is 1. The number of benzene rings is 1. The average molecular weight is 451 g/mol. The molecule has 0 unspecified atom stereocenters. The van der Waals surface area contributed by atoms with Crippen molar-refractivity contribution < 1.29 is 9.84 Å². The third kappa shape index (κ3) is 4.89. The molecule has 6 nitrogen and oxygen atoms in total. The SMILES string of the molecule is COCCN1CCC(Cn2ccc3cc(-c4c(C)cc(Cl)cc4O)nnc32)CC1.Cl. The Labute approximate surface area is 188 Å². The molecule has 0 aliphatic carbocycles. The minimum atomic E-state index is 0. The summed E-state index contributed by atoms with van der Waals surface area (Å²) < 4.78 is 7.39. The molecule has 1 saturated heterocycles. The van der Waals surface area contributed by atoms with Crippen molar-refractivity contribution in [1.82, 2.24) is 19.7 Å². The number of halogens is 2. The Kier molecular flexibility index (Phi) is 7.58. The molecule has 0 amide bonds. The molecule has 0 bridgehead atoms. The van der Waals surface area contributed by atoms with Gasteiger partial charge in [-0.3, -0.25) is 0 Å². The Hall–Kier alpha value is -1.86. The second kappa shape index (κ2) is 9.96. The third-order valence-corrected chi connectivity index (χ3v) is 6.04. The van der Waals surface area contributed by atoms with Gasteiger partial charge in [0.05, 0.1) is 12.3 Å². The first-order valence-corrected chi connectivity index (χ1v) is 10.5. The lowest BCUT2D eigenvalue weighted by molar-refractivity contribution is 0.117. The van der Waals surface area contributed by atoms with Crippen molar-refractivity contribution in [2.24, 2.45) is 5.92 Å². The van der Waals surface area contributed by atoms with Gasteiger partial charge in [0.25, 0.3) is 0 Å². The zero-order valence-electron chi connectivity index (χ0n) is 17.3. The van der Waals surface area contributed by atoms with Gasteiger partial charge < -0.3 is 19.3 Å². The summed E-state index contributed by atoms with van der Waals surface area (Å²) in [6.45, 7) is 6.93. The van der Waals surface area contributed by atoms with Crippen LogP contribution in [-0.4, -0.2) is 58.1 Å². The van der Waals surface area contributed by atoms with Gasteiger partial charge in [0.2, 0.25) is 0 Å². The molecule has 3 heterocycles. The van der Waals surface area contributed by atoms with Gasteiger partial charge in [-0.1, -0.05) is 11.6 Å². The number of fused-ring (bicyclic) bond motifs is 1. The van der Waals surface area contributed by atoms with Crippen molar-refractivity contribution in [3.63, 3.8) is 0 Å². The smallest absolute Gasteiger partial charge is 0.162 e. The quantitative estimate of drug-likeness (QED) is 0.596. The Bertz CT molecular complexity index is 977. The standard InChI is InChI=1S/C22H27ClN4O2.ClH/c1-15-11-18(23)13-20(28)21(15)19-12-17-5-8-27(22(17)25-24-19)14-16-3-6-26(7-4-16)9-10-29-2;/h5,8,11-13,16,28H,3-4,6-7,9-10,14H2,1-2H3;1H. The molecule has 0 atom stereocenters. The summed E-state index contributed by atoms with van der Waals surface area (Å²) in [6.07, 6.45) is 4.47. The maximum Gasteiger partial charge on any atom is 0.162 e. The second-order valence-electron chi connectivity index (χ2n) is 7.87. The molecule has 1 N–H and O–H groups in total. The zero-order chi connectivity index (χ0) is 20.4. The number of phenols is 1. The van der Waals surface area contributed by atoms with E-state index in [4.69, 9.17) is 16.3 Å². The number of rotatable bonds is 6. The van der Waals surface area contributed by atoms with Crippen molar-refractivity contribution >= 4 is 35.0 Å². The highest BCUT2D eigenvalue weighted by Gasteiger charge is 2.20. The van der Waals surface area contributed by atoms with Crippen LogP contribution in [0, 0.1) is 12.8 Å². The number of aromatic hydroxyl groups is 1. The molecule has 3 aromatic rings. The van der Waals surface area contributed by atoms with Gasteiger partial charge in [0.1, 0.15) is 5.75 Å². The van der Waals surface area contributed by atoms with Gasteiger partial charge in [0, 0.05) is 42.4 Å². The number of likely N-dealkylation sites (tertiary alicyclic amines) is 1. The molecular formula is C22H28Cl2N4O2. The monoisotopic (exact) mass is 450 g/mol. The lowest BCUT2D eigenvalue weighted by Crippen LogP contribution is -2.36. The zero-order valence-corrected chi connectivity index (χ0v) is 18.9. The predicted octanol–water partition coefficient (Wildman–Crippen LogP) is 4.55. The Morgan fingerprint density at radius 3 is 2.67 bits per heavy atom. The Morgan fingerprint density at radius 2 is 1.97 bits per heavy atom. The number of piperidine rings is 1. The number of hydrogen-bond acceptors (Lipinski definition) is 5. The number of ether oxygens (including phenoxy) is 1. The molecular weight excluding hydrogens is 423 g/mol. The maximum absolute atomic E-state index is 10.3. The first-order valence-electron chi connectivity index (χ1n) is 10.1. The van der Waals surface area contributed by atoms with Crippen LogP contribution in [0.25, 0.3) is 22.3 Å². The molecule has 162 valence electrons. The van der Waals surface area contributed by atoms with Gasteiger partial charge in [-0.15, -0.1) is 22.6 Å². The average Bonchev–Trinajstić information content (AvgIpc) is 3.09. The van der Waals surface area contributed by atoms with Crippen molar-refractivity contribution in [2.45, 2.75) is 26.3 Å². The summed E-state index contributed by atoms with van der Waals surface area (Å²) >= 11 is 6.03. The van der Waals surface area contributed by atoms with Crippen LogP contribution in [0.15, 0.2) is 30.5 Å². The summed E-state index contributed by atoms with van der Waals surface area (Å²) in [6, 6.07) is 7.43. The predicted molar refractivity (Wildman–Crippen MR) is 123 cm³/mol. The molecule has 0 spiro atoms. The van der Waals surface area contributed by atoms with Gasteiger partial charge in [-0.05, 0) is 68.6 Å². The van der Waals surface area contributed by atoms with Crippen LogP contribution in [0.3, 0.4) is 0 Å². The molecule has 2 aromatic heterocycles. The van der Waals surface area contributed by atoms with Crippen LogP contribution < -0.4 is 0 Å². The van der Waals surface area contributed by atoms with Crippen molar-refractivity contribution in [2.75, 3.05) is 33.4 Å². The van der Waals surface area contributed by atoms with Crippen molar-refractivity contribution in [1.29, 1.82) is 0 Å². The topological polar surface area (TPSA) is 63.4 Å². The van der Waals surface area contributed by atoms with Gasteiger partial charge in [0.15, 0.2) is 5.65 Å². The fourth-order valence-electron chi connectivity index (χ4n) is 4.21. The summed E-state index contributed by atoms with van der Waals surface area (Å²) in [5, 5.41) is 20.8. The third-order valence-electron chi connectivity index (χ3n) is 5.82. The van der Waals surface area contributed by atoms with Crippen LogP contribution in [0.5, 0.6) is 5.75 Å². The van der Waals surface area contributed by atoms with Crippen molar-refractivity contribution in [3.05, 3.63) is 41.0 Å². The summed E-state index contributed by atoms with van der Waals surface area (Å²) in [4.78, 5) is 2.47. The van der Waals surface area contributed by atoms with E-state index in [2.05, 4.69) is 31.9 Å². The van der Waals surface area contributed by atoms with Gasteiger partial charge >= 0.3 is 0 Å². The van der Waals surface area contributed by atoms with Crippen LogP contribution in [0.1, 0.15) is 18.4 Å². The molecule has 0 saturated carbocycles. The van der Waals surface area contributed by atoms with Crippen LogP contribution >= 0.6 is 24.0 Å². The molecule has 8 heteroatoms. The first-order chi connectivity index (χ1) is 14.0. The molecule has 30 heavy (non-hydrogen) atoms. The van der Waals surface area contributed by atoms with Crippen LogP contribution in [0.4, 0.5) is 0 Å². The molecule has 1 aromatic carbocycles. The largest absolute Gasteiger partial charge is 0.507 e. The van der Waals surface area contributed by atoms with E-state index in [1.807, 2.05) is 19.1 Å². The summed E-state index contributed by atoms with van der Waals surface area (Å²) in [5.41, 5.74) is 3.11. The van der Waals surface area contributed by atoms with E-state index >= 15 is 0 Å². The van der Waals surface area contributed by atoms with E-state index in [1.54, 1.807) is 13.2 Å². The van der Waals surface area contributed by atoms with E-state index in [0.29, 0.717) is 22.2 Å². The number of methoxy groups -OCH3 is 1. The van der Waals surface area contributed by atoms with E-state index in [1.165, 1.54) is 12.8 Å². The first kappa shape index (κ1) is 22.8. The molecule has 4 rings (SSSR count). The minimum Gasteiger partial charge on any atom is -0.507 e. The number of nitrogens with zero attached hydrogens (tertiary/aromatic N) is 4. The van der Waals surface area contributed by atoms with Crippen LogP contribution in [0.2, 0.25) is 5.02 Å². The van der Waals surface area contributed by atoms with E-state index in [9.17, 15) is 5.11 Å². The number of phenolic OH excluding ortho intramolecular Hbond substituents is 1. The molecule has 0 radical (unpaired) electrons. The highest BCUT2D eigenvalue weighted by Crippen LogP contribution is 2.35. The Balaban J connectivity index is 0.00000256. The highest BCUT2D eigenvalue weighted by molar-refractivity contribution is 6.31. The fraction of sp³-hybridized carbons (Fsp3) is 0.455. The molecule has 1 aliphatic rings. The molecule has 1 aliphatic heterocycles. The lowest BCUT2D eigenvalue weighted by atomic mass is 9.97. The fourth-order valence-corrected chi connectivity index (χ4v) is 4.47. The van der Waals surface area contributed by atoms with E-state index in [0.717, 1.165) is 49.4 Å². The van der Waals surface area contributed by atoms with E-state index in [-0.39, 0.29) is 18.2 Å². The van der Waals surface area contributed by atoms with Gasteiger partial charge in [-0.25, -0.2) is 0 Å².